The van der Waals surface area contributed by atoms with Gasteiger partial charge in [-0.25, -0.2) is 15.1 Å². The lowest BCUT2D eigenvalue weighted by molar-refractivity contribution is -0.113. The monoisotopic (exact) mass is 508 g/mol. The van der Waals surface area contributed by atoms with Crippen molar-refractivity contribution in [2.24, 2.45) is 5.10 Å². The Labute approximate surface area is 210 Å². The SMILES string of the molecule is Nn1c(N/N=C/c2ccccc2OCc2ccccc2Cl)nnc1SCC(=O)Nc1ccccn1. The van der Waals surface area contributed by atoms with E-state index < -0.39 is 0 Å². The number of pyridine rings is 1. The third-order valence-corrected chi connectivity index (χ3v) is 5.87. The molecule has 0 unspecified atom stereocenters. The van der Waals surface area contributed by atoms with Crippen LogP contribution in [-0.4, -0.2) is 37.7 Å². The van der Waals surface area contributed by atoms with Crippen LogP contribution in [0.3, 0.4) is 0 Å². The second-order valence-electron chi connectivity index (χ2n) is 7.02. The third kappa shape index (κ3) is 6.71. The molecule has 0 radical (unpaired) electrons. The lowest BCUT2D eigenvalue weighted by Crippen LogP contribution is -2.17. The number of rotatable bonds is 10. The van der Waals surface area contributed by atoms with Crippen LogP contribution in [0.5, 0.6) is 5.75 Å². The van der Waals surface area contributed by atoms with Crippen molar-refractivity contribution in [2.45, 2.75) is 11.8 Å². The standard InChI is InChI=1S/C23H21ClN8O2S/c24-18-9-3-1-8-17(18)14-34-19-10-4-2-7-16(19)13-27-29-22-30-31-23(32(22)25)35-15-21(33)28-20-11-5-6-12-26-20/h1-13H,14-15,25H2,(H,29,30)(H,26,28,33)/b27-13+. The number of ether oxygens (including phenoxy) is 1. The maximum absolute atomic E-state index is 12.1. The van der Waals surface area contributed by atoms with E-state index >= 15 is 0 Å². The van der Waals surface area contributed by atoms with Gasteiger partial charge in [0.05, 0.1) is 12.0 Å². The molecule has 4 rings (SSSR count). The van der Waals surface area contributed by atoms with Gasteiger partial charge in [0.25, 0.3) is 5.95 Å². The minimum atomic E-state index is -0.238. The molecular weight excluding hydrogens is 488 g/mol. The highest BCUT2D eigenvalue weighted by atomic mass is 35.5. The van der Waals surface area contributed by atoms with E-state index in [1.54, 1.807) is 30.6 Å². The van der Waals surface area contributed by atoms with Gasteiger partial charge in [-0.2, -0.15) is 5.10 Å². The predicted octanol–water partition coefficient (Wildman–Crippen LogP) is 3.80. The van der Waals surface area contributed by atoms with Gasteiger partial charge in [-0.05, 0) is 30.3 Å². The maximum atomic E-state index is 12.1. The topological polar surface area (TPSA) is 132 Å². The molecular formula is C23H21ClN8O2S. The average Bonchev–Trinajstić information content (AvgIpc) is 3.22. The number of carbonyl (C=O) groups is 1. The van der Waals surface area contributed by atoms with E-state index in [1.165, 1.54) is 4.68 Å². The number of hydrogen-bond donors (Lipinski definition) is 3. The summed E-state index contributed by atoms with van der Waals surface area (Å²) in [6.45, 7) is 0.323. The molecule has 10 nitrogen and oxygen atoms in total. The molecule has 0 aliphatic rings. The van der Waals surface area contributed by atoms with E-state index in [1.807, 2.05) is 48.5 Å². The van der Waals surface area contributed by atoms with Gasteiger partial charge in [-0.15, -0.1) is 10.2 Å². The molecule has 2 aromatic carbocycles. The quantitative estimate of drug-likeness (QED) is 0.127. The van der Waals surface area contributed by atoms with Crippen molar-refractivity contribution in [3.63, 3.8) is 0 Å². The molecule has 0 spiro atoms. The highest BCUT2D eigenvalue weighted by Gasteiger charge is 2.12. The molecule has 1 amide bonds. The van der Waals surface area contributed by atoms with E-state index in [4.69, 9.17) is 22.2 Å². The fourth-order valence-electron chi connectivity index (χ4n) is 2.85. The molecule has 0 saturated carbocycles. The Bertz CT molecular complexity index is 1320. The van der Waals surface area contributed by atoms with Gasteiger partial charge in [-0.3, -0.25) is 4.79 Å². The van der Waals surface area contributed by atoms with Crippen molar-refractivity contribution in [3.05, 3.63) is 89.1 Å². The van der Waals surface area contributed by atoms with Crippen LogP contribution in [-0.2, 0) is 11.4 Å². The van der Waals surface area contributed by atoms with Crippen molar-refractivity contribution in [3.8, 4) is 5.75 Å². The van der Waals surface area contributed by atoms with Crippen molar-refractivity contribution < 1.29 is 9.53 Å². The minimum absolute atomic E-state index is 0.0886. The number of thioether (sulfide) groups is 1. The number of anilines is 2. The molecule has 0 atom stereocenters. The summed E-state index contributed by atoms with van der Waals surface area (Å²) < 4.78 is 7.14. The highest BCUT2D eigenvalue weighted by molar-refractivity contribution is 7.99. The zero-order chi connectivity index (χ0) is 24.5. The molecule has 12 heteroatoms. The number of benzene rings is 2. The maximum Gasteiger partial charge on any atom is 0.264 e. The van der Waals surface area contributed by atoms with E-state index in [-0.39, 0.29) is 17.6 Å². The lowest BCUT2D eigenvalue weighted by atomic mass is 10.2. The number of para-hydroxylation sites is 1. The summed E-state index contributed by atoms with van der Waals surface area (Å²) in [4.78, 5) is 16.1. The second-order valence-corrected chi connectivity index (χ2v) is 8.37. The Morgan fingerprint density at radius 3 is 2.74 bits per heavy atom. The Hall–Kier alpha value is -4.09. The number of amides is 1. The fraction of sp³-hybridized carbons (Fsp3) is 0.0870. The van der Waals surface area contributed by atoms with Crippen molar-refractivity contribution in [2.75, 3.05) is 22.3 Å². The van der Waals surface area contributed by atoms with Gasteiger partial charge < -0.3 is 15.9 Å². The van der Waals surface area contributed by atoms with Crippen LogP contribution in [0.15, 0.2) is 83.2 Å². The van der Waals surface area contributed by atoms with E-state index in [0.29, 0.717) is 28.4 Å². The normalized spacial score (nSPS) is 10.9. The first-order valence-electron chi connectivity index (χ1n) is 10.4. The van der Waals surface area contributed by atoms with E-state index in [0.717, 1.165) is 22.9 Å². The number of hydrazone groups is 1. The molecule has 2 aromatic heterocycles. The smallest absolute Gasteiger partial charge is 0.264 e. The first-order valence-corrected chi connectivity index (χ1v) is 11.7. The van der Waals surface area contributed by atoms with Gasteiger partial charge in [-0.1, -0.05) is 59.8 Å². The third-order valence-electron chi connectivity index (χ3n) is 4.56. The molecule has 4 aromatic rings. The zero-order valence-electron chi connectivity index (χ0n) is 18.3. The summed E-state index contributed by atoms with van der Waals surface area (Å²) in [6, 6.07) is 20.2. The molecule has 0 fully saturated rings. The highest BCUT2D eigenvalue weighted by Crippen LogP contribution is 2.21. The number of halogens is 1. The first kappa shape index (κ1) is 24.0. The van der Waals surface area contributed by atoms with Crippen LogP contribution >= 0.6 is 23.4 Å². The summed E-state index contributed by atoms with van der Waals surface area (Å²) >= 11 is 7.34. The fourth-order valence-corrected chi connectivity index (χ4v) is 3.69. The Morgan fingerprint density at radius 1 is 1.11 bits per heavy atom. The summed E-state index contributed by atoms with van der Waals surface area (Å²) in [7, 11) is 0. The number of aromatic nitrogens is 4. The van der Waals surface area contributed by atoms with Crippen LogP contribution in [0.25, 0.3) is 0 Å². The number of carbonyl (C=O) groups excluding carboxylic acids is 1. The van der Waals surface area contributed by atoms with Gasteiger partial charge in [0.2, 0.25) is 11.1 Å². The number of nitrogen functional groups attached to an aromatic ring is 1. The summed E-state index contributed by atoms with van der Waals surface area (Å²) in [5, 5.41) is 15.8. The molecule has 0 aliphatic carbocycles. The molecule has 4 N–H and O–H groups in total. The first-order chi connectivity index (χ1) is 17.1. The zero-order valence-corrected chi connectivity index (χ0v) is 19.9. The van der Waals surface area contributed by atoms with Crippen molar-refractivity contribution in [1.82, 2.24) is 19.9 Å². The summed E-state index contributed by atoms with van der Waals surface area (Å²) in [6.07, 6.45) is 3.19. The van der Waals surface area contributed by atoms with E-state index in [2.05, 4.69) is 31.0 Å². The van der Waals surface area contributed by atoms with E-state index in [9.17, 15) is 4.79 Å². The molecule has 0 aliphatic heterocycles. The number of nitrogens with zero attached hydrogens (tertiary/aromatic N) is 5. The Kier molecular flexibility index (Phi) is 8.15. The average molecular weight is 509 g/mol. The second kappa shape index (κ2) is 11.9. The van der Waals surface area contributed by atoms with Crippen LogP contribution in [0.2, 0.25) is 5.02 Å². The van der Waals surface area contributed by atoms with Crippen LogP contribution in [0, 0.1) is 0 Å². The van der Waals surface area contributed by atoms with Gasteiger partial charge in [0, 0.05) is 22.3 Å². The Balaban J connectivity index is 1.32. The molecule has 2 heterocycles. The molecule has 178 valence electrons. The van der Waals surface area contributed by atoms with Crippen LogP contribution in [0.1, 0.15) is 11.1 Å². The van der Waals surface area contributed by atoms with Crippen molar-refractivity contribution in [1.29, 1.82) is 0 Å². The number of nitrogens with two attached hydrogens (primary N) is 1. The molecule has 35 heavy (non-hydrogen) atoms. The largest absolute Gasteiger partial charge is 0.488 e. The number of hydrogen-bond acceptors (Lipinski definition) is 9. The van der Waals surface area contributed by atoms with Crippen LogP contribution < -0.4 is 21.3 Å². The minimum Gasteiger partial charge on any atom is -0.488 e. The summed E-state index contributed by atoms with van der Waals surface area (Å²) in [5.74, 6) is 7.21. The van der Waals surface area contributed by atoms with Gasteiger partial charge in [0.1, 0.15) is 18.2 Å². The van der Waals surface area contributed by atoms with Crippen molar-refractivity contribution >= 4 is 47.3 Å². The Morgan fingerprint density at radius 2 is 1.91 bits per heavy atom. The molecule has 0 saturated heterocycles. The lowest BCUT2D eigenvalue weighted by Gasteiger charge is -2.10. The predicted molar refractivity (Wildman–Crippen MR) is 137 cm³/mol. The van der Waals surface area contributed by atoms with Gasteiger partial charge in [0.15, 0.2) is 0 Å². The van der Waals surface area contributed by atoms with Crippen LogP contribution in [0.4, 0.5) is 11.8 Å². The summed E-state index contributed by atoms with van der Waals surface area (Å²) in [5.41, 5.74) is 4.38. The molecule has 0 bridgehead atoms. The number of nitrogens with one attached hydrogen (secondary N) is 2. The van der Waals surface area contributed by atoms with Gasteiger partial charge >= 0.3 is 0 Å².